The average molecular weight is 326 g/mol. The van der Waals surface area contributed by atoms with Crippen LogP contribution in [0.15, 0.2) is 42.7 Å². The highest BCUT2D eigenvalue weighted by Gasteiger charge is 2.20. The molecule has 0 radical (unpaired) electrons. The van der Waals surface area contributed by atoms with Crippen LogP contribution in [0.2, 0.25) is 0 Å². The van der Waals surface area contributed by atoms with E-state index in [-0.39, 0.29) is 5.91 Å². The van der Waals surface area contributed by atoms with E-state index < -0.39 is 0 Å². The highest BCUT2D eigenvalue weighted by molar-refractivity contribution is 5.72. The zero-order chi connectivity index (χ0) is 16.8. The van der Waals surface area contributed by atoms with E-state index in [1.807, 2.05) is 23.1 Å². The second-order valence-electron chi connectivity index (χ2n) is 6.70. The number of amides is 1. The predicted octanol–water partition coefficient (Wildman–Crippen LogP) is 2.28. The number of piperidine rings is 1. The molecule has 1 saturated heterocycles. The second-order valence-corrected chi connectivity index (χ2v) is 6.70. The number of rotatable bonds is 6. The molecule has 1 aliphatic rings. The number of carbonyl (C=O) groups excluding carboxylic acids is 1. The summed E-state index contributed by atoms with van der Waals surface area (Å²) < 4.78 is 1.95. The minimum atomic E-state index is 0.0680. The monoisotopic (exact) mass is 326 g/mol. The molecule has 128 valence electrons. The van der Waals surface area contributed by atoms with Gasteiger partial charge in [0, 0.05) is 39.0 Å². The van der Waals surface area contributed by atoms with Crippen LogP contribution in [0.4, 0.5) is 0 Å². The van der Waals surface area contributed by atoms with Crippen LogP contribution in [0.5, 0.6) is 0 Å². The number of nitrogens with one attached hydrogen (secondary N) is 1. The van der Waals surface area contributed by atoms with Crippen LogP contribution in [-0.2, 0) is 17.9 Å². The first kappa shape index (κ1) is 16.7. The van der Waals surface area contributed by atoms with Gasteiger partial charge in [-0.15, -0.1) is 0 Å². The summed E-state index contributed by atoms with van der Waals surface area (Å²) in [5.41, 5.74) is 2.63. The molecule has 24 heavy (non-hydrogen) atoms. The summed E-state index contributed by atoms with van der Waals surface area (Å²) in [5, 5.41) is 7.23. The summed E-state index contributed by atoms with van der Waals surface area (Å²) in [5.74, 6) is 0.633. The van der Waals surface area contributed by atoms with E-state index in [0.29, 0.717) is 5.92 Å². The summed E-state index contributed by atoms with van der Waals surface area (Å²) >= 11 is 0. The van der Waals surface area contributed by atoms with Gasteiger partial charge in [-0.1, -0.05) is 24.3 Å². The summed E-state index contributed by atoms with van der Waals surface area (Å²) in [6.07, 6.45) is 6.21. The van der Waals surface area contributed by atoms with Gasteiger partial charge in [-0.05, 0) is 42.5 Å². The molecule has 0 unspecified atom stereocenters. The first-order chi connectivity index (χ1) is 11.7. The zero-order valence-corrected chi connectivity index (χ0v) is 14.3. The number of benzene rings is 1. The highest BCUT2D eigenvalue weighted by atomic mass is 16.1. The lowest BCUT2D eigenvalue weighted by molar-refractivity contribution is -0.119. The van der Waals surface area contributed by atoms with Crippen molar-refractivity contribution >= 4 is 5.91 Å². The Labute approximate surface area is 143 Å². The van der Waals surface area contributed by atoms with Crippen LogP contribution in [0.3, 0.4) is 0 Å². The van der Waals surface area contributed by atoms with Gasteiger partial charge in [0.05, 0.1) is 6.54 Å². The fraction of sp³-hybridized carbons (Fsp3) is 0.474. The van der Waals surface area contributed by atoms with Crippen molar-refractivity contribution in [2.24, 2.45) is 5.92 Å². The Morgan fingerprint density at radius 3 is 2.88 bits per heavy atom. The molecule has 1 atom stereocenters. The van der Waals surface area contributed by atoms with Gasteiger partial charge >= 0.3 is 0 Å². The number of aromatic nitrogens is 2. The van der Waals surface area contributed by atoms with Crippen LogP contribution in [0, 0.1) is 5.92 Å². The molecule has 2 heterocycles. The van der Waals surface area contributed by atoms with E-state index in [0.717, 1.165) is 32.7 Å². The van der Waals surface area contributed by atoms with Crippen molar-refractivity contribution in [3.63, 3.8) is 0 Å². The van der Waals surface area contributed by atoms with Crippen molar-refractivity contribution in [1.82, 2.24) is 20.0 Å². The van der Waals surface area contributed by atoms with Crippen molar-refractivity contribution in [3.8, 4) is 0 Å². The van der Waals surface area contributed by atoms with Crippen LogP contribution in [0.1, 0.15) is 30.9 Å². The van der Waals surface area contributed by atoms with E-state index in [9.17, 15) is 4.79 Å². The number of hydrogen-bond acceptors (Lipinski definition) is 3. The first-order valence-electron chi connectivity index (χ1n) is 8.71. The van der Waals surface area contributed by atoms with Crippen molar-refractivity contribution in [1.29, 1.82) is 0 Å². The molecule has 1 N–H and O–H groups in total. The van der Waals surface area contributed by atoms with Crippen molar-refractivity contribution in [2.75, 3.05) is 19.6 Å². The SMILES string of the molecule is CC(=O)NC[C@@H]1CCCN(Cc2cccc(Cn3cccn3)c2)C1. The van der Waals surface area contributed by atoms with Gasteiger partial charge in [-0.25, -0.2) is 0 Å². The Morgan fingerprint density at radius 2 is 2.12 bits per heavy atom. The van der Waals surface area contributed by atoms with Crippen LogP contribution >= 0.6 is 0 Å². The van der Waals surface area contributed by atoms with E-state index in [1.54, 1.807) is 6.92 Å². The molecular formula is C19H26N4O. The lowest BCUT2D eigenvalue weighted by atomic mass is 9.97. The molecule has 1 aromatic heterocycles. The third-order valence-corrected chi connectivity index (χ3v) is 4.54. The summed E-state index contributed by atoms with van der Waals surface area (Å²) in [6, 6.07) is 10.7. The van der Waals surface area contributed by atoms with Crippen LogP contribution in [0.25, 0.3) is 0 Å². The van der Waals surface area contributed by atoms with Crippen LogP contribution < -0.4 is 5.32 Å². The molecule has 3 rings (SSSR count). The molecule has 0 spiro atoms. The topological polar surface area (TPSA) is 50.2 Å². The molecule has 0 bridgehead atoms. The predicted molar refractivity (Wildman–Crippen MR) is 94.5 cm³/mol. The summed E-state index contributed by atoms with van der Waals surface area (Å²) in [4.78, 5) is 13.6. The Kier molecular flexibility index (Phi) is 5.64. The summed E-state index contributed by atoms with van der Waals surface area (Å²) in [6.45, 7) is 6.37. The lowest BCUT2D eigenvalue weighted by Crippen LogP contribution is -2.40. The largest absolute Gasteiger partial charge is 0.356 e. The quantitative estimate of drug-likeness (QED) is 0.886. The number of carbonyl (C=O) groups is 1. The number of hydrogen-bond donors (Lipinski definition) is 1. The van der Waals surface area contributed by atoms with Gasteiger partial charge in [-0.3, -0.25) is 14.4 Å². The molecular weight excluding hydrogens is 300 g/mol. The third-order valence-electron chi connectivity index (χ3n) is 4.54. The average Bonchev–Trinajstić information content (AvgIpc) is 3.07. The molecule has 0 saturated carbocycles. The van der Waals surface area contributed by atoms with Crippen molar-refractivity contribution in [2.45, 2.75) is 32.9 Å². The highest BCUT2D eigenvalue weighted by Crippen LogP contribution is 2.18. The van der Waals surface area contributed by atoms with E-state index in [4.69, 9.17) is 0 Å². The molecule has 1 amide bonds. The summed E-state index contributed by atoms with van der Waals surface area (Å²) in [7, 11) is 0. The van der Waals surface area contributed by atoms with Crippen molar-refractivity contribution in [3.05, 3.63) is 53.9 Å². The minimum Gasteiger partial charge on any atom is -0.356 e. The van der Waals surface area contributed by atoms with Crippen LogP contribution in [-0.4, -0.2) is 40.2 Å². The molecule has 5 nitrogen and oxygen atoms in total. The Hall–Kier alpha value is -2.14. The molecule has 5 heteroatoms. The maximum absolute atomic E-state index is 11.1. The standard InChI is InChI=1S/C19H26N4O/c1-16(24)20-12-19-7-3-9-22(14-19)13-17-5-2-6-18(11-17)15-23-10-4-8-21-23/h2,4-6,8,10-11,19H,3,7,9,12-15H2,1H3,(H,20,24)/t19-/m0/s1. The van der Waals surface area contributed by atoms with E-state index in [2.05, 4.69) is 39.6 Å². The minimum absolute atomic E-state index is 0.0680. The molecule has 1 fully saturated rings. The first-order valence-corrected chi connectivity index (χ1v) is 8.71. The van der Waals surface area contributed by atoms with Gasteiger partial charge < -0.3 is 5.32 Å². The van der Waals surface area contributed by atoms with E-state index in [1.165, 1.54) is 24.0 Å². The second kappa shape index (κ2) is 8.11. The molecule has 2 aromatic rings. The zero-order valence-electron chi connectivity index (χ0n) is 14.3. The Morgan fingerprint density at radius 1 is 1.29 bits per heavy atom. The Balaban J connectivity index is 1.56. The van der Waals surface area contributed by atoms with Gasteiger partial charge in [-0.2, -0.15) is 5.10 Å². The lowest BCUT2D eigenvalue weighted by Gasteiger charge is -2.32. The normalized spacial score (nSPS) is 18.5. The molecule has 1 aliphatic heterocycles. The maximum Gasteiger partial charge on any atom is 0.216 e. The number of likely N-dealkylation sites (tertiary alicyclic amines) is 1. The van der Waals surface area contributed by atoms with Gasteiger partial charge in [0.25, 0.3) is 0 Å². The Bertz CT molecular complexity index is 653. The number of nitrogens with zero attached hydrogens (tertiary/aromatic N) is 3. The maximum atomic E-state index is 11.1. The smallest absolute Gasteiger partial charge is 0.216 e. The fourth-order valence-electron chi connectivity index (χ4n) is 3.42. The molecule has 0 aliphatic carbocycles. The van der Waals surface area contributed by atoms with Crippen molar-refractivity contribution < 1.29 is 4.79 Å². The van der Waals surface area contributed by atoms with Gasteiger partial charge in [0.2, 0.25) is 5.91 Å². The van der Waals surface area contributed by atoms with E-state index >= 15 is 0 Å². The third kappa shape index (κ3) is 4.93. The van der Waals surface area contributed by atoms with Gasteiger partial charge in [0.1, 0.15) is 0 Å². The van der Waals surface area contributed by atoms with Gasteiger partial charge in [0.15, 0.2) is 0 Å². The fourth-order valence-corrected chi connectivity index (χ4v) is 3.42. The molecule has 1 aromatic carbocycles.